The number of thiophene rings is 1. The highest BCUT2D eigenvalue weighted by Crippen LogP contribution is 2.28. The molecule has 1 aromatic carbocycles. The maximum Gasteiger partial charge on any atom is 0.168 e. The molecule has 1 aliphatic heterocycles. The first-order chi connectivity index (χ1) is 11.2. The highest BCUT2D eigenvalue weighted by molar-refractivity contribution is 7.98. The number of Topliss-reactive ketones (excluding diaryl/α,β-unsaturated/α-hetero) is 1. The van der Waals surface area contributed by atoms with Gasteiger partial charge in [-0.05, 0) is 50.8 Å². The summed E-state index contributed by atoms with van der Waals surface area (Å²) in [5.74, 6) is 0.458. The van der Waals surface area contributed by atoms with Gasteiger partial charge in [0.25, 0.3) is 0 Å². The Balaban J connectivity index is 1.69. The number of hydrogen-bond acceptors (Lipinski definition) is 4. The molecule has 0 amide bonds. The molecule has 1 atom stereocenters. The largest absolute Gasteiger partial charge is 0.298 e. The first-order valence-corrected chi connectivity index (χ1v) is 10.2. The van der Waals surface area contributed by atoms with Gasteiger partial charge in [-0.25, -0.2) is 0 Å². The second-order valence-electron chi connectivity index (χ2n) is 6.15. The number of nitrogens with zero attached hydrogens (tertiary/aromatic N) is 1. The van der Waals surface area contributed by atoms with E-state index in [-0.39, 0.29) is 5.92 Å². The number of aryl methyl sites for hydroxylation is 1. The molecule has 23 heavy (non-hydrogen) atoms. The maximum atomic E-state index is 12.9. The molecular weight excluding hydrogens is 322 g/mol. The van der Waals surface area contributed by atoms with Crippen LogP contribution in [0.15, 0.2) is 41.3 Å². The van der Waals surface area contributed by atoms with Crippen LogP contribution in [0, 0.1) is 12.8 Å². The van der Waals surface area contributed by atoms with Gasteiger partial charge in [0.1, 0.15) is 0 Å². The van der Waals surface area contributed by atoms with Crippen molar-refractivity contribution in [3.63, 3.8) is 0 Å². The van der Waals surface area contributed by atoms with E-state index in [0.717, 1.165) is 42.9 Å². The summed E-state index contributed by atoms with van der Waals surface area (Å²) in [6.45, 7) is 5.12. The van der Waals surface area contributed by atoms with Crippen molar-refractivity contribution >= 4 is 28.9 Å². The molecule has 122 valence electrons. The minimum atomic E-state index is 0.137. The molecule has 1 saturated heterocycles. The van der Waals surface area contributed by atoms with Crippen LogP contribution in [0.4, 0.5) is 0 Å². The number of thioether (sulfide) groups is 1. The van der Waals surface area contributed by atoms with Crippen molar-refractivity contribution < 1.29 is 4.79 Å². The van der Waals surface area contributed by atoms with E-state index in [1.165, 1.54) is 9.75 Å². The molecule has 1 aromatic heterocycles. The molecule has 3 rings (SSSR count). The SMILES string of the molecule is CSc1ccccc1C(=O)[C@@H]1CCCN(Cc2ccc(C)s2)C1. The zero-order valence-electron chi connectivity index (χ0n) is 13.7. The lowest BCUT2D eigenvalue weighted by Crippen LogP contribution is -2.38. The van der Waals surface area contributed by atoms with Gasteiger partial charge in [0.05, 0.1) is 0 Å². The highest BCUT2D eigenvalue weighted by Gasteiger charge is 2.27. The lowest BCUT2D eigenvalue weighted by atomic mass is 9.90. The Bertz CT molecular complexity index is 680. The fraction of sp³-hybridized carbons (Fsp3) is 0.421. The van der Waals surface area contributed by atoms with Crippen molar-refractivity contribution in [3.8, 4) is 0 Å². The van der Waals surface area contributed by atoms with Gasteiger partial charge >= 0.3 is 0 Å². The van der Waals surface area contributed by atoms with Crippen LogP contribution >= 0.6 is 23.1 Å². The van der Waals surface area contributed by atoms with Crippen LogP contribution in [0.2, 0.25) is 0 Å². The molecule has 2 heterocycles. The van der Waals surface area contributed by atoms with Crippen LogP contribution in [0.5, 0.6) is 0 Å². The van der Waals surface area contributed by atoms with E-state index in [0.29, 0.717) is 5.78 Å². The molecule has 2 nitrogen and oxygen atoms in total. The van der Waals surface area contributed by atoms with E-state index < -0.39 is 0 Å². The number of piperidine rings is 1. The smallest absolute Gasteiger partial charge is 0.168 e. The Morgan fingerprint density at radius 3 is 2.87 bits per heavy atom. The maximum absolute atomic E-state index is 12.9. The third kappa shape index (κ3) is 4.06. The molecular formula is C19H23NOS2. The fourth-order valence-corrected chi connectivity index (χ4v) is 4.81. The number of ketones is 1. The fourth-order valence-electron chi connectivity index (χ4n) is 3.27. The van der Waals surface area contributed by atoms with Gasteiger partial charge in [0, 0.05) is 39.2 Å². The predicted molar refractivity (Wildman–Crippen MR) is 99.6 cm³/mol. The van der Waals surface area contributed by atoms with Gasteiger partial charge in [-0.3, -0.25) is 9.69 Å². The molecule has 1 aliphatic rings. The molecule has 0 unspecified atom stereocenters. The second kappa shape index (κ2) is 7.65. The average molecular weight is 346 g/mol. The van der Waals surface area contributed by atoms with Crippen molar-refractivity contribution in [2.24, 2.45) is 5.92 Å². The third-order valence-electron chi connectivity index (χ3n) is 4.42. The average Bonchev–Trinajstić information content (AvgIpc) is 2.99. The Labute approximate surface area is 146 Å². The molecule has 2 aromatic rings. The van der Waals surface area contributed by atoms with E-state index in [2.05, 4.69) is 24.0 Å². The van der Waals surface area contributed by atoms with Crippen LogP contribution in [0.3, 0.4) is 0 Å². The monoisotopic (exact) mass is 345 g/mol. The normalized spacial score (nSPS) is 19.0. The minimum absolute atomic E-state index is 0.137. The van der Waals surface area contributed by atoms with Gasteiger partial charge in [0.2, 0.25) is 0 Å². The van der Waals surface area contributed by atoms with Crippen LogP contribution in [0.25, 0.3) is 0 Å². The Morgan fingerprint density at radius 2 is 2.13 bits per heavy atom. The van der Waals surface area contributed by atoms with Crippen LogP contribution < -0.4 is 0 Å². The molecule has 0 bridgehead atoms. The summed E-state index contributed by atoms with van der Waals surface area (Å²) >= 11 is 3.52. The number of likely N-dealkylation sites (tertiary alicyclic amines) is 1. The summed E-state index contributed by atoms with van der Waals surface area (Å²) in [6.07, 6.45) is 4.17. The Morgan fingerprint density at radius 1 is 1.30 bits per heavy atom. The van der Waals surface area contributed by atoms with Crippen molar-refractivity contribution in [2.45, 2.75) is 31.2 Å². The minimum Gasteiger partial charge on any atom is -0.298 e. The number of carbonyl (C=O) groups excluding carboxylic acids is 1. The zero-order valence-corrected chi connectivity index (χ0v) is 15.4. The van der Waals surface area contributed by atoms with Gasteiger partial charge in [-0.2, -0.15) is 0 Å². The van der Waals surface area contributed by atoms with Crippen molar-refractivity contribution in [3.05, 3.63) is 51.7 Å². The quantitative estimate of drug-likeness (QED) is 0.569. The summed E-state index contributed by atoms with van der Waals surface area (Å²) in [4.78, 5) is 19.3. The predicted octanol–water partition coefficient (Wildman–Crippen LogP) is 4.87. The third-order valence-corrected chi connectivity index (χ3v) is 6.21. The zero-order chi connectivity index (χ0) is 16.2. The summed E-state index contributed by atoms with van der Waals surface area (Å²) in [5, 5.41) is 0. The number of benzene rings is 1. The Hall–Kier alpha value is -1.10. The summed E-state index contributed by atoms with van der Waals surface area (Å²) < 4.78 is 0. The lowest BCUT2D eigenvalue weighted by Gasteiger charge is -2.31. The van der Waals surface area contributed by atoms with Crippen molar-refractivity contribution in [1.29, 1.82) is 0 Å². The standard InChI is InChI=1S/C19H23NOS2/c1-14-9-10-16(23-14)13-20-11-5-6-15(12-20)19(21)17-7-3-4-8-18(17)22-2/h3-4,7-10,15H,5-6,11-13H2,1-2H3/t15-/m1/s1. The first-order valence-electron chi connectivity index (χ1n) is 8.12. The van der Waals surface area contributed by atoms with Crippen molar-refractivity contribution in [1.82, 2.24) is 4.90 Å². The van der Waals surface area contributed by atoms with E-state index in [1.54, 1.807) is 11.8 Å². The number of carbonyl (C=O) groups is 1. The molecule has 0 spiro atoms. The number of rotatable bonds is 5. The molecule has 1 fully saturated rings. The molecule has 0 N–H and O–H groups in total. The molecule has 0 aliphatic carbocycles. The summed E-state index contributed by atoms with van der Waals surface area (Å²) in [7, 11) is 0. The van der Waals surface area contributed by atoms with Crippen molar-refractivity contribution in [2.75, 3.05) is 19.3 Å². The summed E-state index contributed by atoms with van der Waals surface area (Å²) in [5.41, 5.74) is 0.902. The van der Waals surface area contributed by atoms with E-state index in [1.807, 2.05) is 41.9 Å². The Kier molecular flexibility index (Phi) is 5.57. The van der Waals surface area contributed by atoms with Crippen LogP contribution in [-0.4, -0.2) is 30.0 Å². The first kappa shape index (κ1) is 16.7. The van der Waals surface area contributed by atoms with Gasteiger partial charge in [0.15, 0.2) is 5.78 Å². The molecule has 0 saturated carbocycles. The van der Waals surface area contributed by atoms with Gasteiger partial charge in [-0.1, -0.05) is 18.2 Å². The number of hydrogen-bond donors (Lipinski definition) is 0. The van der Waals surface area contributed by atoms with Gasteiger partial charge in [-0.15, -0.1) is 23.1 Å². The van der Waals surface area contributed by atoms with Crippen LogP contribution in [-0.2, 0) is 6.54 Å². The topological polar surface area (TPSA) is 20.3 Å². The van der Waals surface area contributed by atoms with Gasteiger partial charge < -0.3 is 0 Å². The summed E-state index contributed by atoms with van der Waals surface area (Å²) in [6, 6.07) is 12.4. The highest BCUT2D eigenvalue weighted by atomic mass is 32.2. The molecule has 0 radical (unpaired) electrons. The van der Waals surface area contributed by atoms with E-state index >= 15 is 0 Å². The van der Waals surface area contributed by atoms with E-state index in [4.69, 9.17) is 0 Å². The van der Waals surface area contributed by atoms with E-state index in [9.17, 15) is 4.79 Å². The second-order valence-corrected chi connectivity index (χ2v) is 8.37. The molecule has 4 heteroatoms. The lowest BCUT2D eigenvalue weighted by molar-refractivity contribution is 0.0809. The van der Waals surface area contributed by atoms with Crippen LogP contribution in [0.1, 0.15) is 33.0 Å².